The Morgan fingerprint density at radius 3 is 2.50 bits per heavy atom. The Labute approximate surface area is 269 Å². The maximum atomic E-state index is 13.9. The van der Waals surface area contributed by atoms with Crippen molar-refractivity contribution in [1.82, 2.24) is 4.57 Å². The summed E-state index contributed by atoms with van der Waals surface area (Å²) in [5.74, 6) is 0.723. The average molecular weight is 759 g/mol. The number of carbonyl (C=O) groups is 1. The van der Waals surface area contributed by atoms with Crippen molar-refractivity contribution in [2.75, 3.05) is 13.7 Å². The summed E-state index contributed by atoms with van der Waals surface area (Å²) in [5, 5.41) is 0. The van der Waals surface area contributed by atoms with Gasteiger partial charge in [0.25, 0.3) is 5.56 Å². The fraction of sp³-hybridized carbons (Fsp3) is 0.219. The number of thiazole rings is 1. The molecule has 0 amide bonds. The van der Waals surface area contributed by atoms with Crippen molar-refractivity contribution in [3.05, 3.63) is 122 Å². The van der Waals surface area contributed by atoms with Crippen LogP contribution in [0.1, 0.15) is 42.1 Å². The molecule has 42 heavy (non-hydrogen) atoms. The lowest BCUT2D eigenvalue weighted by Crippen LogP contribution is -2.39. The minimum atomic E-state index is -0.646. The molecule has 0 saturated carbocycles. The van der Waals surface area contributed by atoms with Crippen molar-refractivity contribution in [3.63, 3.8) is 0 Å². The monoisotopic (exact) mass is 758 g/mol. The molecule has 1 atom stereocenters. The molecule has 2 heterocycles. The molecule has 0 spiro atoms. The normalized spacial score (nSPS) is 14.8. The highest BCUT2D eigenvalue weighted by Gasteiger charge is 2.33. The van der Waals surface area contributed by atoms with Crippen molar-refractivity contribution in [3.8, 4) is 11.5 Å². The van der Waals surface area contributed by atoms with E-state index in [0.29, 0.717) is 38.7 Å². The van der Waals surface area contributed by atoms with E-state index >= 15 is 0 Å². The maximum absolute atomic E-state index is 13.9. The summed E-state index contributed by atoms with van der Waals surface area (Å²) in [6.45, 7) is 6.15. The number of aromatic nitrogens is 1. The average Bonchev–Trinajstić information content (AvgIpc) is 3.26. The SMILES string of the molecule is CCOC(=O)C1=C(C)N=c2s/c(=C/c3cc(I)c(OCc4ccc(Br)cc4)c(OC)c3)c(=O)n2[C@@H]1c1ccc(C)cc1. The Morgan fingerprint density at radius 2 is 1.83 bits per heavy atom. The lowest BCUT2D eigenvalue weighted by Gasteiger charge is -2.24. The van der Waals surface area contributed by atoms with Crippen LogP contribution < -0.4 is 24.4 Å². The summed E-state index contributed by atoms with van der Waals surface area (Å²) in [4.78, 5) is 32.2. The quantitative estimate of drug-likeness (QED) is 0.161. The van der Waals surface area contributed by atoms with Crippen molar-refractivity contribution in [1.29, 1.82) is 0 Å². The highest BCUT2D eigenvalue weighted by molar-refractivity contribution is 14.1. The van der Waals surface area contributed by atoms with Gasteiger partial charge < -0.3 is 14.2 Å². The van der Waals surface area contributed by atoms with Gasteiger partial charge >= 0.3 is 5.97 Å². The number of ether oxygens (including phenoxy) is 3. The summed E-state index contributed by atoms with van der Waals surface area (Å²) in [5.41, 5.74) is 4.38. The number of methoxy groups -OCH3 is 1. The van der Waals surface area contributed by atoms with E-state index in [1.54, 1.807) is 25.5 Å². The molecule has 216 valence electrons. The molecule has 1 aromatic heterocycles. The van der Waals surface area contributed by atoms with Gasteiger partial charge in [0.05, 0.1) is 39.1 Å². The number of hydrogen-bond donors (Lipinski definition) is 0. The van der Waals surface area contributed by atoms with Gasteiger partial charge in [0, 0.05) is 4.47 Å². The Bertz CT molecular complexity index is 1860. The molecule has 1 aliphatic heterocycles. The Balaban J connectivity index is 1.56. The fourth-order valence-corrected chi connectivity index (χ4v) is 6.80. The van der Waals surface area contributed by atoms with E-state index in [1.807, 2.05) is 73.7 Å². The number of allylic oxidation sites excluding steroid dienone is 1. The standard InChI is InChI=1S/C32H28BrIN2O5S/c1-5-40-31(38)27-19(3)35-32-36(28(27)22-10-6-18(2)7-11-22)30(37)26(42-32)16-21-14-24(34)29(25(15-21)39-4)41-17-20-8-12-23(33)13-9-20/h6-16,28H,5,17H2,1-4H3/b26-16+/t28-/m1/s1. The first-order valence-electron chi connectivity index (χ1n) is 13.2. The van der Waals surface area contributed by atoms with Crippen LogP contribution in [0.25, 0.3) is 6.08 Å². The third-order valence-electron chi connectivity index (χ3n) is 6.76. The predicted octanol–water partition coefficient (Wildman–Crippen LogP) is 6.06. The van der Waals surface area contributed by atoms with Crippen molar-refractivity contribution in [2.24, 2.45) is 4.99 Å². The fourth-order valence-electron chi connectivity index (χ4n) is 4.71. The smallest absolute Gasteiger partial charge is 0.338 e. The number of nitrogens with zero attached hydrogens (tertiary/aromatic N) is 2. The molecular weight excluding hydrogens is 731 g/mol. The largest absolute Gasteiger partial charge is 0.493 e. The van der Waals surface area contributed by atoms with Gasteiger partial charge in [0.1, 0.15) is 6.61 Å². The van der Waals surface area contributed by atoms with E-state index in [0.717, 1.165) is 30.3 Å². The van der Waals surface area contributed by atoms with Crippen LogP contribution in [0.2, 0.25) is 0 Å². The lowest BCUT2D eigenvalue weighted by atomic mass is 9.95. The zero-order valence-electron chi connectivity index (χ0n) is 23.4. The highest BCUT2D eigenvalue weighted by Crippen LogP contribution is 2.35. The van der Waals surface area contributed by atoms with Gasteiger partial charge in [-0.3, -0.25) is 9.36 Å². The minimum absolute atomic E-state index is 0.226. The van der Waals surface area contributed by atoms with Crippen LogP contribution in [0.3, 0.4) is 0 Å². The van der Waals surface area contributed by atoms with Gasteiger partial charge in [-0.25, -0.2) is 9.79 Å². The van der Waals surface area contributed by atoms with E-state index in [4.69, 9.17) is 14.2 Å². The molecule has 0 unspecified atom stereocenters. The Kier molecular flexibility index (Phi) is 9.34. The second kappa shape index (κ2) is 13.0. The number of benzene rings is 3. The first kappa shape index (κ1) is 30.2. The first-order chi connectivity index (χ1) is 20.2. The first-order valence-corrected chi connectivity index (χ1v) is 15.9. The van der Waals surface area contributed by atoms with Crippen LogP contribution in [-0.2, 0) is 16.1 Å². The molecule has 0 N–H and O–H groups in total. The van der Waals surface area contributed by atoms with Crippen LogP contribution in [0.15, 0.2) is 86.2 Å². The zero-order chi connectivity index (χ0) is 30.0. The number of esters is 1. The highest BCUT2D eigenvalue weighted by atomic mass is 127. The van der Waals surface area contributed by atoms with E-state index in [1.165, 1.54) is 11.3 Å². The van der Waals surface area contributed by atoms with Gasteiger partial charge in [-0.05, 0) is 90.4 Å². The molecule has 0 fully saturated rings. The second-order valence-corrected chi connectivity index (χ2v) is 12.7. The number of aryl methyl sites for hydroxylation is 1. The number of carbonyl (C=O) groups excluding carboxylic acids is 1. The zero-order valence-corrected chi connectivity index (χ0v) is 28.0. The predicted molar refractivity (Wildman–Crippen MR) is 176 cm³/mol. The molecule has 5 rings (SSSR count). The van der Waals surface area contributed by atoms with Crippen molar-refractivity contribution in [2.45, 2.75) is 33.4 Å². The summed E-state index contributed by atoms with van der Waals surface area (Å²) in [7, 11) is 1.59. The van der Waals surface area contributed by atoms with Crippen LogP contribution >= 0.6 is 49.9 Å². The molecule has 7 nitrogen and oxygen atoms in total. The molecule has 10 heteroatoms. The third kappa shape index (κ3) is 6.25. The third-order valence-corrected chi connectivity index (χ3v) is 9.07. The molecule has 3 aromatic carbocycles. The number of fused-ring (bicyclic) bond motifs is 1. The summed E-state index contributed by atoms with van der Waals surface area (Å²) in [6.07, 6.45) is 1.82. The topological polar surface area (TPSA) is 79.1 Å². The van der Waals surface area contributed by atoms with Gasteiger partial charge in [-0.2, -0.15) is 0 Å². The second-order valence-electron chi connectivity index (χ2n) is 9.66. The van der Waals surface area contributed by atoms with Gasteiger partial charge in [-0.1, -0.05) is 69.2 Å². The maximum Gasteiger partial charge on any atom is 0.338 e. The van der Waals surface area contributed by atoms with Gasteiger partial charge in [0.2, 0.25) is 0 Å². The molecule has 1 aliphatic rings. The summed E-state index contributed by atoms with van der Waals surface area (Å²) >= 11 is 6.95. The van der Waals surface area contributed by atoms with E-state index in [-0.39, 0.29) is 12.2 Å². The molecular formula is C32H28BrIN2O5S. The molecule has 4 aromatic rings. The number of rotatable bonds is 8. The Hall–Kier alpha value is -3.22. The van der Waals surface area contributed by atoms with Gasteiger partial charge in [0.15, 0.2) is 16.3 Å². The van der Waals surface area contributed by atoms with Crippen LogP contribution in [0, 0.1) is 10.5 Å². The molecule has 0 radical (unpaired) electrons. The molecule has 0 aliphatic carbocycles. The molecule has 0 saturated heterocycles. The lowest BCUT2D eigenvalue weighted by molar-refractivity contribution is -0.139. The molecule has 0 bridgehead atoms. The number of hydrogen-bond acceptors (Lipinski definition) is 7. The van der Waals surface area contributed by atoms with E-state index in [2.05, 4.69) is 43.5 Å². The summed E-state index contributed by atoms with van der Waals surface area (Å²) < 4.78 is 21.1. The summed E-state index contributed by atoms with van der Waals surface area (Å²) in [6, 6.07) is 18.9. The van der Waals surface area contributed by atoms with Crippen LogP contribution in [0.4, 0.5) is 0 Å². The van der Waals surface area contributed by atoms with E-state index < -0.39 is 12.0 Å². The van der Waals surface area contributed by atoms with Crippen molar-refractivity contribution >= 4 is 61.9 Å². The van der Waals surface area contributed by atoms with E-state index in [9.17, 15) is 9.59 Å². The van der Waals surface area contributed by atoms with Gasteiger partial charge in [-0.15, -0.1) is 0 Å². The van der Waals surface area contributed by atoms with Crippen LogP contribution in [0.5, 0.6) is 11.5 Å². The number of halogens is 2. The Morgan fingerprint density at radius 1 is 1.12 bits per heavy atom. The minimum Gasteiger partial charge on any atom is -0.493 e. The van der Waals surface area contributed by atoms with Crippen LogP contribution in [-0.4, -0.2) is 24.3 Å². The van der Waals surface area contributed by atoms with Crippen molar-refractivity contribution < 1.29 is 19.0 Å².